The van der Waals surface area contributed by atoms with Gasteiger partial charge in [-0.25, -0.2) is 0 Å². The number of carbonyl (C=O) groups excluding carboxylic acids is 1. The van der Waals surface area contributed by atoms with E-state index >= 15 is 0 Å². The van der Waals surface area contributed by atoms with Gasteiger partial charge in [-0.1, -0.05) is 34.5 Å². The fourth-order valence-corrected chi connectivity index (χ4v) is 9.22. The molecule has 3 heterocycles. The molecule has 3 aliphatic rings. The van der Waals surface area contributed by atoms with E-state index in [1.807, 2.05) is 12.1 Å². The van der Waals surface area contributed by atoms with Crippen LogP contribution in [0, 0.1) is 17.8 Å². The maximum atomic E-state index is 13.0. The molecule has 2 saturated carbocycles. The third-order valence-corrected chi connectivity index (χ3v) is 10.6. The number of aromatic nitrogens is 1. The number of fused-ring (bicyclic) bond motifs is 6. The average Bonchev–Trinajstić information content (AvgIpc) is 3.55. The third-order valence-electron chi connectivity index (χ3n) is 7.05. The van der Waals surface area contributed by atoms with Crippen LogP contribution >= 0.6 is 46.3 Å². The van der Waals surface area contributed by atoms with Crippen LogP contribution in [-0.4, -0.2) is 15.7 Å². The van der Waals surface area contributed by atoms with Gasteiger partial charge in [-0.15, -0.1) is 11.8 Å². The number of benzene rings is 1. The molecule has 2 fully saturated rings. The minimum atomic E-state index is -0.267. The third kappa shape index (κ3) is 3.36. The predicted octanol–water partition coefficient (Wildman–Crippen LogP) is 6.10. The molecule has 5 unspecified atom stereocenters. The molecule has 6 rings (SSSR count). The van der Waals surface area contributed by atoms with E-state index in [0.29, 0.717) is 38.7 Å². The second-order valence-electron chi connectivity index (χ2n) is 8.79. The minimum absolute atomic E-state index is 0.0335. The van der Waals surface area contributed by atoms with Gasteiger partial charge in [-0.05, 0) is 67.3 Å². The summed E-state index contributed by atoms with van der Waals surface area (Å²) in [7, 11) is 0. The Morgan fingerprint density at radius 2 is 2.03 bits per heavy atom. The van der Waals surface area contributed by atoms with Crippen LogP contribution in [0.4, 0.5) is 5.69 Å². The average molecular weight is 507 g/mol. The molecular formula is C23H20Cl2N2O3S2. The standard InChI is InChI=1S/C23H20Cl2N2O3S2/c24-14-6-5-13(9-15(14)25)26-17(28)10-27-22-21(32-23(27)29)19(16-2-1-7-30-16)18-11-3-4-12(8-11)20(18)31-22/h1-2,5-7,9,11-12,18-20H,3-4,8,10H2,(H,26,28). The summed E-state index contributed by atoms with van der Waals surface area (Å²) in [4.78, 5) is 26.8. The molecule has 2 aromatic heterocycles. The lowest BCUT2D eigenvalue weighted by atomic mass is 9.77. The normalized spacial score (nSPS) is 27.9. The number of furan rings is 1. The van der Waals surface area contributed by atoms with Crippen molar-refractivity contribution in [1.29, 1.82) is 0 Å². The maximum absolute atomic E-state index is 13.0. The number of carbonyl (C=O) groups is 1. The second-order valence-corrected chi connectivity index (χ2v) is 11.8. The highest BCUT2D eigenvalue weighted by molar-refractivity contribution is 8.00. The van der Waals surface area contributed by atoms with E-state index in [4.69, 9.17) is 27.6 Å². The molecule has 1 amide bonds. The van der Waals surface area contributed by atoms with Crippen LogP contribution in [-0.2, 0) is 11.3 Å². The molecule has 1 N–H and O–H groups in total. The number of anilines is 1. The van der Waals surface area contributed by atoms with Gasteiger partial charge < -0.3 is 9.73 Å². The molecule has 2 aliphatic carbocycles. The van der Waals surface area contributed by atoms with Crippen LogP contribution < -0.4 is 10.2 Å². The van der Waals surface area contributed by atoms with Gasteiger partial charge in [0.2, 0.25) is 5.91 Å². The van der Waals surface area contributed by atoms with Crippen LogP contribution in [0.1, 0.15) is 35.8 Å². The van der Waals surface area contributed by atoms with Crippen LogP contribution in [0.15, 0.2) is 50.8 Å². The fourth-order valence-electron chi connectivity index (χ4n) is 5.79. The summed E-state index contributed by atoms with van der Waals surface area (Å²) < 4.78 is 7.49. The highest BCUT2D eigenvalue weighted by atomic mass is 35.5. The first-order valence-corrected chi connectivity index (χ1v) is 13.1. The Labute approximate surface area is 203 Å². The van der Waals surface area contributed by atoms with Crippen molar-refractivity contribution in [2.24, 2.45) is 17.8 Å². The molecule has 5 nitrogen and oxygen atoms in total. The molecule has 9 heteroatoms. The first-order valence-electron chi connectivity index (χ1n) is 10.7. The highest BCUT2D eigenvalue weighted by Crippen LogP contribution is 2.64. The predicted molar refractivity (Wildman–Crippen MR) is 128 cm³/mol. The van der Waals surface area contributed by atoms with E-state index in [-0.39, 0.29) is 23.2 Å². The van der Waals surface area contributed by atoms with Crippen LogP contribution in [0.5, 0.6) is 0 Å². The largest absolute Gasteiger partial charge is 0.469 e. The summed E-state index contributed by atoms with van der Waals surface area (Å²) in [6.45, 7) is -0.0335. The lowest BCUT2D eigenvalue weighted by molar-refractivity contribution is -0.116. The monoisotopic (exact) mass is 506 g/mol. The molecule has 32 heavy (non-hydrogen) atoms. The Morgan fingerprint density at radius 3 is 2.81 bits per heavy atom. The van der Waals surface area contributed by atoms with Gasteiger partial charge >= 0.3 is 4.87 Å². The zero-order valence-corrected chi connectivity index (χ0v) is 20.1. The number of nitrogens with one attached hydrogen (secondary N) is 1. The smallest absolute Gasteiger partial charge is 0.308 e. The van der Waals surface area contributed by atoms with E-state index in [2.05, 4.69) is 5.32 Å². The molecule has 0 radical (unpaired) electrons. The van der Waals surface area contributed by atoms with Crippen molar-refractivity contribution in [3.8, 4) is 0 Å². The first-order chi connectivity index (χ1) is 15.5. The number of halogens is 2. The number of hydrogen-bond donors (Lipinski definition) is 1. The molecule has 3 aromatic rings. The molecule has 1 aliphatic heterocycles. The lowest BCUT2D eigenvalue weighted by Crippen LogP contribution is -2.34. The van der Waals surface area contributed by atoms with Gasteiger partial charge in [0.25, 0.3) is 0 Å². The second kappa shape index (κ2) is 7.97. The summed E-state index contributed by atoms with van der Waals surface area (Å²) in [6.07, 6.45) is 5.49. The van der Waals surface area contributed by atoms with Crippen molar-refractivity contribution in [3.05, 3.63) is 66.9 Å². The van der Waals surface area contributed by atoms with E-state index in [1.54, 1.807) is 40.8 Å². The number of thioether (sulfide) groups is 1. The fraction of sp³-hybridized carbons (Fsp3) is 0.391. The van der Waals surface area contributed by atoms with E-state index in [0.717, 1.165) is 15.7 Å². The summed E-state index contributed by atoms with van der Waals surface area (Å²) in [6, 6.07) is 8.88. The van der Waals surface area contributed by atoms with Crippen molar-refractivity contribution in [2.45, 2.75) is 42.0 Å². The number of nitrogens with zero attached hydrogens (tertiary/aromatic N) is 1. The van der Waals surface area contributed by atoms with E-state index in [9.17, 15) is 9.59 Å². The number of thiazole rings is 1. The highest BCUT2D eigenvalue weighted by Gasteiger charge is 2.55. The van der Waals surface area contributed by atoms with Gasteiger partial charge in [0.05, 0.1) is 32.1 Å². The van der Waals surface area contributed by atoms with Gasteiger partial charge in [0.15, 0.2) is 0 Å². The zero-order valence-electron chi connectivity index (χ0n) is 16.9. The van der Waals surface area contributed by atoms with Gasteiger partial charge in [-0.2, -0.15) is 0 Å². The van der Waals surface area contributed by atoms with E-state index in [1.165, 1.54) is 30.6 Å². The van der Waals surface area contributed by atoms with Crippen molar-refractivity contribution < 1.29 is 9.21 Å². The van der Waals surface area contributed by atoms with Gasteiger partial charge in [0, 0.05) is 10.9 Å². The minimum Gasteiger partial charge on any atom is -0.469 e. The van der Waals surface area contributed by atoms with Crippen LogP contribution in [0.25, 0.3) is 0 Å². The van der Waals surface area contributed by atoms with Crippen LogP contribution in [0.2, 0.25) is 10.0 Å². The summed E-state index contributed by atoms with van der Waals surface area (Å²) >= 11 is 15.1. The van der Waals surface area contributed by atoms with Gasteiger partial charge in [0.1, 0.15) is 12.3 Å². The Kier molecular flexibility index (Phi) is 5.21. The molecule has 166 valence electrons. The molecule has 0 spiro atoms. The Bertz CT molecular complexity index is 1250. The van der Waals surface area contributed by atoms with Crippen molar-refractivity contribution >= 4 is 57.9 Å². The van der Waals surface area contributed by atoms with Gasteiger partial charge in [-0.3, -0.25) is 14.2 Å². The first kappa shape index (κ1) is 20.9. The quantitative estimate of drug-likeness (QED) is 0.464. The summed E-state index contributed by atoms with van der Waals surface area (Å²) in [5.74, 6) is 2.62. The molecule has 0 saturated heterocycles. The zero-order chi connectivity index (χ0) is 22.0. The molecule has 5 atom stereocenters. The molecule has 2 bridgehead atoms. The van der Waals surface area contributed by atoms with Crippen molar-refractivity contribution in [2.75, 3.05) is 5.32 Å². The Hall–Kier alpha value is -1.67. The number of rotatable bonds is 4. The number of hydrogen-bond acceptors (Lipinski definition) is 5. The van der Waals surface area contributed by atoms with Crippen molar-refractivity contribution in [3.63, 3.8) is 0 Å². The SMILES string of the molecule is O=C(Cn1c2c(sc1=O)C(c1ccco1)C1C3CCC(C3)C1S2)Nc1ccc(Cl)c(Cl)c1. The van der Waals surface area contributed by atoms with E-state index < -0.39 is 0 Å². The number of amides is 1. The Morgan fingerprint density at radius 1 is 1.19 bits per heavy atom. The lowest BCUT2D eigenvalue weighted by Gasteiger charge is -2.39. The summed E-state index contributed by atoms with van der Waals surface area (Å²) in [5.41, 5.74) is 0.552. The molecular weight excluding hydrogens is 487 g/mol. The maximum Gasteiger partial charge on any atom is 0.308 e. The van der Waals surface area contributed by atoms with Crippen molar-refractivity contribution in [1.82, 2.24) is 4.57 Å². The van der Waals surface area contributed by atoms with Crippen LogP contribution in [0.3, 0.4) is 0 Å². The topological polar surface area (TPSA) is 64.2 Å². The Balaban J connectivity index is 1.33. The summed E-state index contributed by atoms with van der Waals surface area (Å²) in [5, 5.41) is 5.02. The molecule has 1 aromatic carbocycles.